The Kier molecular flexibility index (Phi) is 17.6. The molecule has 0 spiro atoms. The van der Waals surface area contributed by atoms with Crippen LogP contribution in [0.2, 0.25) is 0 Å². The minimum Gasteiger partial charge on any atom is -0.496 e. The minimum absolute atomic E-state index is 0.271. The predicted molar refractivity (Wildman–Crippen MR) is 301 cm³/mol. The van der Waals surface area contributed by atoms with Gasteiger partial charge in [-0.05, 0) is 88.9 Å². The van der Waals surface area contributed by atoms with Crippen molar-refractivity contribution >= 4 is 56.4 Å². The summed E-state index contributed by atoms with van der Waals surface area (Å²) in [4.78, 5) is 51.8. The number of fused-ring (bicyclic) bond motifs is 2. The van der Waals surface area contributed by atoms with Crippen molar-refractivity contribution in [2.75, 3.05) is 103 Å². The molecule has 0 fully saturated rings. The first-order chi connectivity index (χ1) is 35.6. The van der Waals surface area contributed by atoms with E-state index < -0.39 is 0 Å². The van der Waals surface area contributed by atoms with Gasteiger partial charge in [0, 0.05) is 148 Å². The number of methoxy groups -OCH3 is 2. The van der Waals surface area contributed by atoms with Gasteiger partial charge in [0.05, 0.1) is 48.4 Å². The number of hydrogen-bond donors (Lipinski definition) is 2. The molecule has 74 heavy (non-hydrogen) atoms. The molecule has 4 heterocycles. The summed E-state index contributed by atoms with van der Waals surface area (Å²) in [5.74, 6) is 2.21. The van der Waals surface area contributed by atoms with Crippen LogP contribution in [0.1, 0.15) is 22.8 Å². The second-order valence-electron chi connectivity index (χ2n) is 18.6. The van der Waals surface area contributed by atoms with Crippen LogP contribution in [0.25, 0.3) is 44.3 Å². The van der Waals surface area contributed by atoms with E-state index in [9.17, 15) is 9.59 Å². The zero-order valence-corrected chi connectivity index (χ0v) is 44.3. The number of carbonyl (C=O) groups excluding carboxylic acids is 2. The number of nitrogens with zero attached hydrogens (tertiary/aromatic N) is 10. The number of likely N-dealkylation sites (N-methyl/N-ethyl adjacent to an activating group) is 4. The monoisotopic (exact) mass is 997 g/mol. The Bertz CT molecular complexity index is 3070. The minimum atomic E-state index is -0.271. The molecule has 0 aliphatic carbocycles. The van der Waals surface area contributed by atoms with Crippen LogP contribution in [-0.2, 0) is 36.5 Å². The van der Waals surface area contributed by atoms with Crippen molar-refractivity contribution in [2.45, 2.75) is 12.8 Å². The molecule has 4 aromatic heterocycles. The third-order valence-corrected chi connectivity index (χ3v) is 12.8. The Labute approximate surface area is 434 Å². The van der Waals surface area contributed by atoms with Crippen molar-refractivity contribution in [1.82, 2.24) is 38.9 Å². The third kappa shape index (κ3) is 12.8. The van der Waals surface area contributed by atoms with Crippen LogP contribution in [0, 0.1) is 0 Å². The Morgan fingerprint density at radius 1 is 0.581 bits per heavy atom. The van der Waals surface area contributed by atoms with Gasteiger partial charge >= 0.3 is 0 Å². The largest absolute Gasteiger partial charge is 0.496 e. The fourth-order valence-corrected chi connectivity index (χ4v) is 8.69. The summed E-state index contributed by atoms with van der Waals surface area (Å²) in [7, 11) is 19.5. The highest BCUT2D eigenvalue weighted by Crippen LogP contribution is 2.37. The molecule has 0 radical (unpaired) electrons. The van der Waals surface area contributed by atoms with Gasteiger partial charge in [-0.3, -0.25) is 9.59 Å². The summed E-state index contributed by atoms with van der Waals surface area (Å²) in [6.07, 6.45) is 11.1. The van der Waals surface area contributed by atoms with E-state index in [4.69, 9.17) is 19.4 Å². The summed E-state index contributed by atoms with van der Waals surface area (Å²) in [6.45, 7) is 10.5. The van der Waals surface area contributed by atoms with E-state index in [0.29, 0.717) is 47.4 Å². The molecule has 8 rings (SSSR count). The Hall–Kier alpha value is -8.34. The maximum Gasteiger partial charge on any atom is 0.247 e. The molecule has 2 amide bonds. The lowest BCUT2D eigenvalue weighted by Gasteiger charge is -2.25. The van der Waals surface area contributed by atoms with Gasteiger partial charge in [0.15, 0.2) is 0 Å². The quantitative estimate of drug-likeness (QED) is 0.0704. The highest BCUT2D eigenvalue weighted by molar-refractivity contribution is 6.02. The molecule has 4 aromatic carbocycles. The van der Waals surface area contributed by atoms with Gasteiger partial charge in [0.25, 0.3) is 0 Å². The number of hydrogen-bond acceptors (Lipinski definition) is 12. The normalized spacial score (nSPS) is 11.1. The van der Waals surface area contributed by atoms with Gasteiger partial charge in [-0.1, -0.05) is 37.4 Å². The van der Waals surface area contributed by atoms with E-state index in [2.05, 4.69) is 111 Å². The van der Waals surface area contributed by atoms with Gasteiger partial charge < -0.3 is 48.8 Å². The van der Waals surface area contributed by atoms with Gasteiger partial charge in [0.1, 0.15) is 23.1 Å². The molecule has 16 heteroatoms. The van der Waals surface area contributed by atoms with Crippen LogP contribution in [0.5, 0.6) is 11.5 Å². The van der Waals surface area contributed by atoms with Crippen LogP contribution in [0.15, 0.2) is 135 Å². The molecule has 384 valence electrons. The molecule has 0 aliphatic rings. The number of aryl methyl sites for hydroxylation is 2. The number of rotatable bonds is 20. The van der Waals surface area contributed by atoms with Gasteiger partial charge in [0.2, 0.25) is 11.8 Å². The van der Waals surface area contributed by atoms with Crippen LogP contribution >= 0.6 is 0 Å². The van der Waals surface area contributed by atoms with Crippen molar-refractivity contribution in [3.63, 3.8) is 0 Å². The van der Waals surface area contributed by atoms with Crippen LogP contribution in [-0.4, -0.2) is 133 Å². The van der Waals surface area contributed by atoms with Crippen molar-refractivity contribution in [1.29, 1.82) is 0 Å². The number of amides is 2. The van der Waals surface area contributed by atoms with Gasteiger partial charge in [-0.25, -0.2) is 19.9 Å². The average Bonchev–Trinajstić information content (AvgIpc) is 3.98. The number of ether oxygens (including phenoxy) is 2. The number of carbonyl (C=O) groups is 2. The van der Waals surface area contributed by atoms with E-state index in [1.165, 1.54) is 12.2 Å². The molecule has 8 aromatic rings. The lowest BCUT2D eigenvalue weighted by atomic mass is 10.1. The van der Waals surface area contributed by atoms with Crippen molar-refractivity contribution < 1.29 is 19.1 Å². The molecule has 0 saturated heterocycles. The number of benzene rings is 4. The molecule has 0 saturated carbocycles. The van der Waals surface area contributed by atoms with E-state index >= 15 is 0 Å². The molecule has 2 N–H and O–H groups in total. The first-order valence-electron chi connectivity index (χ1n) is 24.3. The van der Waals surface area contributed by atoms with Crippen molar-refractivity contribution in [2.24, 2.45) is 14.1 Å². The Morgan fingerprint density at radius 3 is 1.35 bits per heavy atom. The van der Waals surface area contributed by atoms with Crippen molar-refractivity contribution in [3.8, 4) is 34.0 Å². The molecule has 16 nitrogen and oxygen atoms in total. The number of anilines is 4. The molecule has 0 atom stereocenters. The fraction of sp³-hybridized carbons (Fsp3) is 0.276. The van der Waals surface area contributed by atoms with Crippen LogP contribution < -0.4 is 29.9 Å². The molecule has 0 aliphatic heterocycles. The number of nitrogens with one attached hydrogen (secondary N) is 2. The second kappa shape index (κ2) is 24.4. The standard InChI is InChI=1S/2C29H34N6O2/c2*1-7-29(36)32-24-17-20(27(37-6)19-26(24)35(5)16-15-33(2)3)18-28-30-13-11-23(31-28)21-9-8-10-25-22(21)12-14-34(25)4/h2*7-14,17,19H,1,15-16,18H2,2-6H3,(H,32,36). The predicted octanol–water partition coefficient (Wildman–Crippen LogP) is 8.71. The second-order valence-corrected chi connectivity index (χ2v) is 18.6. The Balaban J connectivity index is 0.000000216. The number of aromatic nitrogens is 6. The first-order valence-corrected chi connectivity index (χ1v) is 24.3. The third-order valence-electron chi connectivity index (χ3n) is 12.8. The Morgan fingerprint density at radius 2 is 0.986 bits per heavy atom. The summed E-state index contributed by atoms with van der Waals surface area (Å²) < 4.78 is 15.7. The average molecular weight is 997 g/mol. The van der Waals surface area contributed by atoms with Crippen molar-refractivity contribution in [3.05, 3.63) is 158 Å². The molecular weight excluding hydrogens is 929 g/mol. The van der Waals surface area contributed by atoms with Crippen LogP contribution in [0.3, 0.4) is 0 Å². The summed E-state index contributed by atoms with van der Waals surface area (Å²) in [5, 5.41) is 8.20. The molecule has 0 bridgehead atoms. The smallest absolute Gasteiger partial charge is 0.247 e. The maximum atomic E-state index is 12.2. The topological polar surface area (TPSA) is 151 Å². The van der Waals surface area contributed by atoms with E-state index in [-0.39, 0.29) is 11.8 Å². The highest BCUT2D eigenvalue weighted by Gasteiger charge is 2.20. The van der Waals surface area contributed by atoms with E-state index in [1.807, 2.05) is 105 Å². The fourth-order valence-electron chi connectivity index (χ4n) is 8.69. The first kappa shape index (κ1) is 53.5. The SMILES string of the molecule is C=CC(=O)Nc1cc(Cc2nccc(-c3cccc4c3ccn4C)n2)c(OC)cc1N(C)CCN(C)C.C=CC(=O)Nc1cc(Cc2nccc(-c3cccc4c3ccn4C)n2)c(OC)cc1N(C)CCN(C)C. The lowest BCUT2D eigenvalue weighted by molar-refractivity contribution is -0.112. The zero-order chi connectivity index (χ0) is 53.1. The summed E-state index contributed by atoms with van der Waals surface area (Å²) in [6, 6.07) is 28.3. The van der Waals surface area contributed by atoms with Crippen LogP contribution in [0.4, 0.5) is 22.7 Å². The summed E-state index contributed by atoms with van der Waals surface area (Å²) >= 11 is 0. The van der Waals surface area contributed by atoms with Gasteiger partial charge in [-0.15, -0.1) is 0 Å². The summed E-state index contributed by atoms with van der Waals surface area (Å²) in [5.41, 5.74) is 11.0. The van der Waals surface area contributed by atoms with Gasteiger partial charge in [-0.2, -0.15) is 0 Å². The molecule has 0 unspecified atom stereocenters. The van der Waals surface area contributed by atoms with E-state index in [0.717, 1.165) is 93.0 Å². The van der Waals surface area contributed by atoms with E-state index in [1.54, 1.807) is 26.6 Å². The maximum absolute atomic E-state index is 12.2. The highest BCUT2D eigenvalue weighted by atomic mass is 16.5. The lowest BCUT2D eigenvalue weighted by Crippen LogP contribution is -2.29. The zero-order valence-electron chi connectivity index (χ0n) is 44.3. The molecular formula is C58H68N12O4.